The summed E-state index contributed by atoms with van der Waals surface area (Å²) in [6.45, 7) is 3.12. The molecule has 2 aromatic rings. The molecule has 2 heterocycles. The number of nitrogens with one attached hydrogen (secondary N) is 1. The quantitative estimate of drug-likeness (QED) is 0.853. The van der Waals surface area contributed by atoms with Gasteiger partial charge in [0.15, 0.2) is 0 Å². The van der Waals surface area contributed by atoms with E-state index in [-0.39, 0.29) is 6.04 Å². The molecule has 100 valence electrons. The van der Waals surface area contributed by atoms with Crippen molar-refractivity contribution in [1.82, 2.24) is 25.3 Å². The average Bonchev–Trinajstić information content (AvgIpc) is 3.09. The van der Waals surface area contributed by atoms with Gasteiger partial charge in [0.05, 0.1) is 18.1 Å². The number of nitrogens with zero attached hydrogens (tertiary/aromatic N) is 4. The maximum Gasteiger partial charge on any atom is 0.129 e. The van der Waals surface area contributed by atoms with Crippen LogP contribution in [0.4, 0.5) is 0 Å². The molecule has 6 heteroatoms. The molecule has 1 fully saturated rings. The Morgan fingerprint density at radius 1 is 1.37 bits per heavy atom. The molecular formula is C13H16ClN5. The van der Waals surface area contributed by atoms with Gasteiger partial charge in [0.1, 0.15) is 10.8 Å². The van der Waals surface area contributed by atoms with Gasteiger partial charge in [-0.1, -0.05) is 11.6 Å². The van der Waals surface area contributed by atoms with Crippen LogP contribution in [-0.2, 0) is 0 Å². The van der Waals surface area contributed by atoms with Crippen LogP contribution >= 0.6 is 11.6 Å². The molecule has 3 rings (SSSR count). The maximum absolute atomic E-state index is 6.01. The third-order valence-corrected chi connectivity index (χ3v) is 3.53. The number of hydrogen-bond acceptors (Lipinski definition) is 4. The van der Waals surface area contributed by atoms with Crippen LogP contribution in [0.1, 0.15) is 31.5 Å². The molecule has 0 radical (unpaired) electrons. The van der Waals surface area contributed by atoms with Gasteiger partial charge in [0.2, 0.25) is 0 Å². The number of halogens is 1. The lowest BCUT2D eigenvalue weighted by atomic mass is 10.1. The van der Waals surface area contributed by atoms with E-state index in [0.29, 0.717) is 5.15 Å². The van der Waals surface area contributed by atoms with Crippen molar-refractivity contribution < 1.29 is 0 Å². The number of hydrogen-bond donors (Lipinski definition) is 1. The fraction of sp³-hybridized carbons (Fsp3) is 0.462. The summed E-state index contributed by atoms with van der Waals surface area (Å²) in [6.07, 6.45) is 5.97. The monoisotopic (exact) mass is 277 g/mol. The first-order valence-corrected chi connectivity index (χ1v) is 6.88. The Bertz CT molecular complexity index is 550. The fourth-order valence-corrected chi connectivity index (χ4v) is 2.19. The van der Waals surface area contributed by atoms with Gasteiger partial charge in [-0.25, -0.2) is 4.98 Å². The van der Waals surface area contributed by atoms with Crippen LogP contribution in [-0.4, -0.2) is 26.5 Å². The van der Waals surface area contributed by atoms with E-state index in [1.54, 1.807) is 23.3 Å². The summed E-state index contributed by atoms with van der Waals surface area (Å²) < 4.78 is 0. The van der Waals surface area contributed by atoms with Gasteiger partial charge in [-0.15, -0.1) is 4.80 Å². The van der Waals surface area contributed by atoms with Crippen molar-refractivity contribution in [1.29, 1.82) is 0 Å². The number of aromatic nitrogens is 4. The first-order chi connectivity index (χ1) is 9.24. The molecule has 0 amide bonds. The summed E-state index contributed by atoms with van der Waals surface area (Å²) >= 11 is 6.01. The Kier molecular flexibility index (Phi) is 3.48. The van der Waals surface area contributed by atoms with Crippen molar-refractivity contribution >= 4 is 11.6 Å². The van der Waals surface area contributed by atoms with Crippen molar-refractivity contribution in [3.05, 3.63) is 35.4 Å². The maximum atomic E-state index is 6.01. The van der Waals surface area contributed by atoms with Gasteiger partial charge in [-0.3, -0.25) is 0 Å². The van der Waals surface area contributed by atoms with Crippen LogP contribution in [0.2, 0.25) is 5.15 Å². The zero-order valence-electron chi connectivity index (χ0n) is 10.8. The van der Waals surface area contributed by atoms with E-state index < -0.39 is 0 Å². The molecule has 1 N–H and O–H groups in total. The highest BCUT2D eigenvalue weighted by molar-refractivity contribution is 6.29. The highest BCUT2D eigenvalue weighted by atomic mass is 35.5. The van der Waals surface area contributed by atoms with Gasteiger partial charge >= 0.3 is 0 Å². The predicted octanol–water partition coefficient (Wildman–Crippen LogP) is 2.38. The smallest absolute Gasteiger partial charge is 0.129 e. The predicted molar refractivity (Wildman–Crippen MR) is 73.3 cm³/mol. The first-order valence-electron chi connectivity index (χ1n) is 6.50. The molecule has 19 heavy (non-hydrogen) atoms. The average molecular weight is 278 g/mol. The molecule has 1 unspecified atom stereocenters. The lowest BCUT2D eigenvalue weighted by molar-refractivity contribution is 0.532. The Morgan fingerprint density at radius 3 is 2.79 bits per heavy atom. The van der Waals surface area contributed by atoms with Gasteiger partial charge in [0, 0.05) is 6.04 Å². The third-order valence-electron chi connectivity index (χ3n) is 3.32. The van der Waals surface area contributed by atoms with E-state index in [9.17, 15) is 0 Å². The van der Waals surface area contributed by atoms with Gasteiger partial charge in [-0.05, 0) is 44.4 Å². The lowest BCUT2D eigenvalue weighted by Crippen LogP contribution is -2.23. The first kappa shape index (κ1) is 12.6. The second-order valence-electron chi connectivity index (χ2n) is 4.93. The summed E-state index contributed by atoms with van der Waals surface area (Å²) in [5.41, 5.74) is 1.74. The second kappa shape index (κ2) is 5.27. The summed E-state index contributed by atoms with van der Waals surface area (Å²) in [6, 6.07) is 3.79. The second-order valence-corrected chi connectivity index (χ2v) is 5.32. The zero-order valence-corrected chi connectivity index (χ0v) is 11.5. The Labute approximate surface area is 117 Å². The van der Waals surface area contributed by atoms with Crippen molar-refractivity contribution in [3.8, 4) is 5.69 Å². The van der Waals surface area contributed by atoms with Crippen LogP contribution in [0, 0.1) is 5.92 Å². The SMILES string of the molecule is CC(NCC1CC1)c1nc(Cl)ccc1-n1nccn1. The van der Waals surface area contributed by atoms with Gasteiger partial charge in [0.25, 0.3) is 0 Å². The minimum Gasteiger partial charge on any atom is -0.309 e. The van der Waals surface area contributed by atoms with Gasteiger partial charge < -0.3 is 5.32 Å². The topological polar surface area (TPSA) is 55.6 Å². The molecule has 0 saturated heterocycles. The van der Waals surface area contributed by atoms with Crippen LogP contribution in [0.15, 0.2) is 24.5 Å². The summed E-state index contributed by atoms with van der Waals surface area (Å²) in [7, 11) is 0. The Balaban J connectivity index is 1.86. The third kappa shape index (κ3) is 2.93. The van der Waals surface area contributed by atoms with Crippen molar-refractivity contribution in [2.45, 2.75) is 25.8 Å². The van der Waals surface area contributed by atoms with E-state index in [4.69, 9.17) is 11.6 Å². The minimum absolute atomic E-state index is 0.125. The fourth-order valence-electron chi connectivity index (χ4n) is 2.03. The largest absolute Gasteiger partial charge is 0.309 e. The minimum atomic E-state index is 0.125. The molecule has 1 aliphatic rings. The van der Waals surface area contributed by atoms with Gasteiger partial charge in [-0.2, -0.15) is 10.2 Å². The van der Waals surface area contributed by atoms with E-state index in [1.165, 1.54) is 12.8 Å². The Hall–Kier alpha value is -1.46. The van der Waals surface area contributed by atoms with Crippen LogP contribution in [0.3, 0.4) is 0 Å². The molecular weight excluding hydrogens is 262 g/mol. The van der Waals surface area contributed by atoms with Crippen molar-refractivity contribution in [2.75, 3.05) is 6.54 Å². The summed E-state index contributed by atoms with van der Waals surface area (Å²) in [4.78, 5) is 6.01. The molecule has 0 aliphatic heterocycles. The summed E-state index contributed by atoms with van der Waals surface area (Å²) in [5, 5.41) is 12.3. The van der Waals surface area contributed by atoms with Crippen LogP contribution < -0.4 is 5.32 Å². The van der Waals surface area contributed by atoms with Crippen molar-refractivity contribution in [3.63, 3.8) is 0 Å². The molecule has 2 aromatic heterocycles. The molecule has 1 saturated carbocycles. The standard InChI is InChI=1S/C13H16ClN5/c1-9(15-8-10-2-3-10)13-11(4-5-12(14)18-13)19-16-6-7-17-19/h4-7,9-10,15H,2-3,8H2,1H3. The lowest BCUT2D eigenvalue weighted by Gasteiger charge is -2.16. The molecule has 5 nitrogen and oxygen atoms in total. The number of pyridine rings is 1. The Morgan fingerprint density at radius 2 is 2.11 bits per heavy atom. The van der Waals surface area contributed by atoms with Crippen molar-refractivity contribution in [2.24, 2.45) is 5.92 Å². The zero-order chi connectivity index (χ0) is 13.2. The molecule has 1 aliphatic carbocycles. The number of rotatable bonds is 5. The normalized spacial score (nSPS) is 16.5. The van der Waals surface area contributed by atoms with E-state index in [0.717, 1.165) is 23.8 Å². The van der Waals surface area contributed by atoms with E-state index >= 15 is 0 Å². The molecule has 0 spiro atoms. The highest BCUT2D eigenvalue weighted by Crippen LogP contribution is 2.29. The summed E-state index contributed by atoms with van der Waals surface area (Å²) in [5.74, 6) is 0.827. The highest BCUT2D eigenvalue weighted by Gasteiger charge is 2.23. The molecule has 1 atom stereocenters. The van der Waals surface area contributed by atoms with Crippen LogP contribution in [0.5, 0.6) is 0 Å². The molecule has 0 bridgehead atoms. The molecule has 0 aromatic carbocycles. The van der Waals surface area contributed by atoms with E-state index in [2.05, 4.69) is 27.4 Å². The van der Waals surface area contributed by atoms with Crippen LogP contribution in [0.25, 0.3) is 5.69 Å². The van der Waals surface area contributed by atoms with E-state index in [1.807, 2.05) is 6.07 Å².